The summed E-state index contributed by atoms with van der Waals surface area (Å²) >= 11 is 0. The number of nitrogens with zero attached hydrogens (tertiary/aromatic N) is 2. The molecule has 1 amide bonds. The Kier molecular flexibility index (Phi) is 4.14. The van der Waals surface area contributed by atoms with Crippen molar-refractivity contribution < 1.29 is 9.72 Å². The van der Waals surface area contributed by atoms with Gasteiger partial charge in [-0.25, -0.2) is 0 Å². The predicted molar refractivity (Wildman–Crippen MR) is 72.1 cm³/mol. The number of hydrogen-bond donors (Lipinski definition) is 0. The number of carbonyl (C=O) groups excluding carboxylic acids is 1. The molecule has 0 bridgehead atoms. The van der Waals surface area contributed by atoms with Gasteiger partial charge >= 0.3 is 0 Å². The fourth-order valence-corrected chi connectivity index (χ4v) is 2.61. The highest BCUT2D eigenvalue weighted by Gasteiger charge is 2.26. The second-order valence-electron chi connectivity index (χ2n) is 4.86. The van der Waals surface area contributed by atoms with Crippen LogP contribution in [0.15, 0.2) is 24.3 Å². The Morgan fingerprint density at radius 1 is 1.47 bits per heavy atom. The number of piperidine rings is 1. The smallest absolute Gasteiger partial charge is 0.270 e. The number of non-ortho nitro benzene ring substituents is 1. The number of amides is 1. The minimum Gasteiger partial charge on any atom is -0.336 e. The van der Waals surface area contributed by atoms with E-state index in [4.69, 9.17) is 0 Å². The first-order valence-corrected chi connectivity index (χ1v) is 6.69. The molecule has 0 N–H and O–H groups in total. The number of carbonyl (C=O) groups is 1. The van der Waals surface area contributed by atoms with Crippen LogP contribution in [0.4, 0.5) is 5.69 Å². The number of rotatable bonds is 3. The molecule has 1 aromatic rings. The monoisotopic (exact) mass is 262 g/mol. The Morgan fingerprint density at radius 2 is 2.26 bits per heavy atom. The molecule has 0 unspecified atom stereocenters. The normalized spacial score (nSPS) is 19.2. The molecule has 0 aliphatic carbocycles. The zero-order valence-corrected chi connectivity index (χ0v) is 11.0. The van der Waals surface area contributed by atoms with Gasteiger partial charge in [-0.1, -0.05) is 13.0 Å². The van der Waals surface area contributed by atoms with Crippen LogP contribution in [0, 0.1) is 10.1 Å². The zero-order valence-electron chi connectivity index (χ0n) is 11.0. The van der Waals surface area contributed by atoms with Crippen molar-refractivity contribution in [3.8, 4) is 0 Å². The van der Waals surface area contributed by atoms with Crippen LogP contribution in [0.2, 0.25) is 0 Å². The number of nitro groups is 1. The Labute approximate surface area is 112 Å². The Bertz CT molecular complexity index is 487. The summed E-state index contributed by atoms with van der Waals surface area (Å²) in [7, 11) is 0. The predicted octanol–water partition coefficient (Wildman–Crippen LogP) is 3.00. The molecule has 19 heavy (non-hydrogen) atoms. The number of likely N-dealkylation sites (tertiary alicyclic amines) is 1. The molecular formula is C14H18N2O3. The maximum atomic E-state index is 12.4. The molecule has 1 fully saturated rings. The Hall–Kier alpha value is -1.91. The van der Waals surface area contributed by atoms with Crippen molar-refractivity contribution >= 4 is 11.6 Å². The summed E-state index contributed by atoms with van der Waals surface area (Å²) in [5, 5.41) is 10.8. The maximum Gasteiger partial charge on any atom is 0.270 e. The van der Waals surface area contributed by atoms with E-state index < -0.39 is 4.92 Å². The molecule has 2 rings (SSSR count). The molecule has 1 atom stereocenters. The van der Waals surface area contributed by atoms with Crippen molar-refractivity contribution in [3.63, 3.8) is 0 Å². The molecule has 0 aromatic heterocycles. The minimum absolute atomic E-state index is 0.0316. The van der Waals surface area contributed by atoms with Gasteiger partial charge in [-0.2, -0.15) is 0 Å². The summed E-state index contributed by atoms with van der Waals surface area (Å²) in [6.07, 6.45) is 4.12. The third-order valence-electron chi connectivity index (χ3n) is 3.66. The third kappa shape index (κ3) is 2.92. The minimum atomic E-state index is -0.468. The second kappa shape index (κ2) is 5.82. The fourth-order valence-electron chi connectivity index (χ4n) is 2.61. The van der Waals surface area contributed by atoms with Gasteiger partial charge in [0.05, 0.1) is 4.92 Å². The van der Waals surface area contributed by atoms with E-state index in [0.29, 0.717) is 5.56 Å². The number of nitro benzene ring substituents is 1. The SMILES string of the molecule is CC[C@@H]1CCCCN1C(=O)c1cccc([N+](=O)[O-])c1. The highest BCUT2D eigenvalue weighted by Crippen LogP contribution is 2.23. The first-order chi connectivity index (χ1) is 9.13. The van der Waals surface area contributed by atoms with Crippen molar-refractivity contribution in [3.05, 3.63) is 39.9 Å². The molecule has 102 valence electrons. The molecule has 0 radical (unpaired) electrons. The lowest BCUT2D eigenvalue weighted by molar-refractivity contribution is -0.384. The van der Waals surface area contributed by atoms with Crippen molar-refractivity contribution in [1.29, 1.82) is 0 Å². The number of benzene rings is 1. The van der Waals surface area contributed by atoms with Gasteiger partial charge in [0.15, 0.2) is 0 Å². The molecule has 1 saturated heterocycles. The summed E-state index contributed by atoms with van der Waals surface area (Å²) < 4.78 is 0. The van der Waals surface area contributed by atoms with Gasteiger partial charge in [-0.15, -0.1) is 0 Å². The summed E-state index contributed by atoms with van der Waals surface area (Å²) in [5.41, 5.74) is 0.380. The van der Waals surface area contributed by atoms with Crippen molar-refractivity contribution in [2.75, 3.05) is 6.54 Å². The average Bonchev–Trinajstić information content (AvgIpc) is 2.46. The topological polar surface area (TPSA) is 63.5 Å². The quantitative estimate of drug-likeness (QED) is 0.621. The molecule has 1 heterocycles. The van der Waals surface area contributed by atoms with Gasteiger partial charge in [0.25, 0.3) is 11.6 Å². The lowest BCUT2D eigenvalue weighted by Gasteiger charge is -2.35. The average molecular weight is 262 g/mol. The van der Waals surface area contributed by atoms with Gasteiger partial charge in [0.1, 0.15) is 0 Å². The highest BCUT2D eigenvalue weighted by molar-refractivity contribution is 5.95. The summed E-state index contributed by atoms with van der Waals surface area (Å²) in [5.74, 6) is -0.0877. The summed E-state index contributed by atoms with van der Waals surface area (Å²) in [6.45, 7) is 2.82. The molecular weight excluding hydrogens is 244 g/mol. The number of hydrogen-bond acceptors (Lipinski definition) is 3. The van der Waals surface area contributed by atoms with Gasteiger partial charge in [0, 0.05) is 30.3 Å². The molecule has 1 aliphatic heterocycles. The van der Waals surface area contributed by atoms with Crippen LogP contribution < -0.4 is 0 Å². The van der Waals surface area contributed by atoms with E-state index in [9.17, 15) is 14.9 Å². The van der Waals surface area contributed by atoms with Crippen LogP contribution in [0.1, 0.15) is 43.0 Å². The Balaban J connectivity index is 2.22. The molecule has 5 heteroatoms. The molecule has 5 nitrogen and oxygen atoms in total. The molecule has 1 aliphatic rings. The Morgan fingerprint density at radius 3 is 2.95 bits per heavy atom. The van der Waals surface area contributed by atoms with Crippen LogP contribution in [0.3, 0.4) is 0 Å². The van der Waals surface area contributed by atoms with Crippen molar-refractivity contribution in [2.24, 2.45) is 0 Å². The van der Waals surface area contributed by atoms with Crippen LogP contribution in [0.5, 0.6) is 0 Å². The van der Waals surface area contributed by atoms with Gasteiger partial charge in [-0.05, 0) is 31.7 Å². The lowest BCUT2D eigenvalue weighted by Crippen LogP contribution is -2.43. The van der Waals surface area contributed by atoms with Crippen LogP contribution >= 0.6 is 0 Å². The van der Waals surface area contributed by atoms with E-state index in [1.807, 2.05) is 4.90 Å². The summed E-state index contributed by atoms with van der Waals surface area (Å²) in [6, 6.07) is 6.25. The van der Waals surface area contributed by atoms with Crippen molar-refractivity contribution in [1.82, 2.24) is 4.90 Å². The summed E-state index contributed by atoms with van der Waals surface area (Å²) in [4.78, 5) is 24.6. The van der Waals surface area contributed by atoms with Gasteiger partial charge < -0.3 is 4.90 Å². The van der Waals surface area contributed by atoms with E-state index in [1.54, 1.807) is 12.1 Å². The first-order valence-electron chi connectivity index (χ1n) is 6.69. The van der Waals surface area contributed by atoms with E-state index >= 15 is 0 Å². The maximum absolute atomic E-state index is 12.4. The van der Waals surface area contributed by atoms with Crippen LogP contribution in [-0.4, -0.2) is 28.3 Å². The standard InChI is InChI=1S/C14H18N2O3/c1-2-12-7-3-4-9-15(12)14(17)11-6-5-8-13(10-11)16(18)19/h5-6,8,10,12H,2-4,7,9H2,1H3/t12-/m1/s1. The van der Waals surface area contributed by atoms with E-state index in [-0.39, 0.29) is 17.6 Å². The lowest BCUT2D eigenvalue weighted by atomic mass is 9.99. The van der Waals surface area contributed by atoms with Gasteiger partial charge in [-0.3, -0.25) is 14.9 Å². The van der Waals surface area contributed by atoms with E-state index in [1.165, 1.54) is 12.1 Å². The molecule has 1 aromatic carbocycles. The second-order valence-corrected chi connectivity index (χ2v) is 4.86. The van der Waals surface area contributed by atoms with Gasteiger partial charge in [0.2, 0.25) is 0 Å². The zero-order chi connectivity index (χ0) is 13.8. The highest BCUT2D eigenvalue weighted by atomic mass is 16.6. The van der Waals surface area contributed by atoms with Crippen molar-refractivity contribution in [2.45, 2.75) is 38.6 Å². The molecule has 0 saturated carbocycles. The molecule has 0 spiro atoms. The fraction of sp³-hybridized carbons (Fsp3) is 0.500. The largest absolute Gasteiger partial charge is 0.336 e. The van der Waals surface area contributed by atoms with Crippen LogP contribution in [0.25, 0.3) is 0 Å². The first kappa shape index (κ1) is 13.5. The van der Waals surface area contributed by atoms with E-state index in [2.05, 4.69) is 6.92 Å². The third-order valence-corrected chi connectivity index (χ3v) is 3.66. The van der Waals surface area contributed by atoms with Crippen LogP contribution in [-0.2, 0) is 0 Å². The van der Waals surface area contributed by atoms with E-state index in [0.717, 1.165) is 32.2 Å².